The molecule has 0 saturated carbocycles. The van der Waals surface area contributed by atoms with Crippen molar-refractivity contribution in [3.63, 3.8) is 0 Å². The number of nitrogens with zero attached hydrogens (tertiary/aromatic N) is 1. The van der Waals surface area contributed by atoms with Gasteiger partial charge in [0, 0.05) is 30.1 Å². The van der Waals surface area contributed by atoms with Crippen LogP contribution >= 0.6 is 0 Å². The van der Waals surface area contributed by atoms with Crippen molar-refractivity contribution < 1.29 is 13.2 Å². The number of halogens is 3. The highest BCUT2D eigenvalue weighted by atomic mass is 19.4. The maximum absolute atomic E-state index is 12.3. The van der Waals surface area contributed by atoms with Gasteiger partial charge in [0.05, 0.1) is 11.2 Å². The molecule has 2 nitrogen and oxygen atoms in total. The minimum absolute atomic E-state index is 0.103. The minimum atomic E-state index is -4.09. The molecule has 2 aromatic rings. The van der Waals surface area contributed by atoms with Crippen LogP contribution in [0.4, 0.5) is 18.9 Å². The molecule has 22 heavy (non-hydrogen) atoms. The Morgan fingerprint density at radius 3 is 2.82 bits per heavy atom. The average Bonchev–Trinajstić information content (AvgIpc) is 2.46. The number of pyridine rings is 1. The Morgan fingerprint density at radius 2 is 2.05 bits per heavy atom. The van der Waals surface area contributed by atoms with E-state index in [1.807, 2.05) is 18.2 Å². The molecule has 0 bridgehead atoms. The summed E-state index contributed by atoms with van der Waals surface area (Å²) in [5.41, 5.74) is 5.05. The molecule has 0 amide bonds. The van der Waals surface area contributed by atoms with Gasteiger partial charge in [-0.25, -0.2) is 0 Å². The molecule has 5 heteroatoms. The molecule has 0 saturated heterocycles. The summed E-state index contributed by atoms with van der Waals surface area (Å²) in [4.78, 5) is 4.43. The van der Waals surface area contributed by atoms with E-state index in [0.717, 1.165) is 34.3 Å². The van der Waals surface area contributed by atoms with Crippen molar-refractivity contribution in [1.29, 1.82) is 0 Å². The highest BCUT2D eigenvalue weighted by molar-refractivity contribution is 5.99. The number of alkyl halides is 3. The maximum atomic E-state index is 12.3. The van der Waals surface area contributed by atoms with Crippen LogP contribution in [0.3, 0.4) is 0 Å². The van der Waals surface area contributed by atoms with Crippen LogP contribution in [0.5, 0.6) is 0 Å². The Labute approximate surface area is 127 Å². The fraction of sp³-hybridized carbons (Fsp3) is 0.353. The third-order valence-electron chi connectivity index (χ3n) is 4.02. The van der Waals surface area contributed by atoms with Gasteiger partial charge in [-0.3, -0.25) is 4.98 Å². The zero-order valence-electron chi connectivity index (χ0n) is 12.3. The molecule has 0 aliphatic carbocycles. The highest BCUT2D eigenvalue weighted by Crippen LogP contribution is 2.34. The van der Waals surface area contributed by atoms with E-state index in [4.69, 9.17) is 0 Å². The maximum Gasteiger partial charge on any atom is 0.389 e. The van der Waals surface area contributed by atoms with Crippen LogP contribution in [0.1, 0.15) is 30.9 Å². The Kier molecular flexibility index (Phi) is 3.81. The summed E-state index contributed by atoms with van der Waals surface area (Å²) in [6.07, 6.45) is -0.534. The number of benzene rings is 1. The molecule has 0 radical (unpaired) electrons. The van der Waals surface area contributed by atoms with Crippen molar-refractivity contribution in [3.8, 4) is 0 Å². The molecule has 1 N–H and O–H groups in total. The molecule has 116 valence electrons. The van der Waals surface area contributed by atoms with Crippen molar-refractivity contribution in [2.75, 3.05) is 11.9 Å². The fourth-order valence-electron chi connectivity index (χ4n) is 2.90. The normalized spacial score (nSPS) is 14.5. The Bertz CT molecular complexity index is 732. The second kappa shape index (κ2) is 5.63. The fourth-order valence-corrected chi connectivity index (χ4v) is 2.90. The van der Waals surface area contributed by atoms with Gasteiger partial charge < -0.3 is 5.32 Å². The van der Waals surface area contributed by atoms with E-state index in [0.29, 0.717) is 6.42 Å². The van der Waals surface area contributed by atoms with Crippen LogP contribution in [-0.4, -0.2) is 17.7 Å². The summed E-state index contributed by atoms with van der Waals surface area (Å²) in [6, 6.07) is 5.80. The zero-order valence-corrected chi connectivity index (χ0v) is 12.3. The van der Waals surface area contributed by atoms with Gasteiger partial charge in [-0.1, -0.05) is 18.2 Å². The van der Waals surface area contributed by atoms with E-state index in [2.05, 4.69) is 23.3 Å². The van der Waals surface area contributed by atoms with Crippen LogP contribution in [0.15, 0.2) is 30.5 Å². The second-order valence-corrected chi connectivity index (χ2v) is 5.59. The lowest BCUT2D eigenvalue weighted by molar-refractivity contribution is -0.135. The largest absolute Gasteiger partial charge is 0.389 e. The summed E-state index contributed by atoms with van der Waals surface area (Å²) in [6.45, 7) is 2.80. The number of fused-ring (bicyclic) bond motifs is 3. The number of aryl methyl sites for hydroxylation is 1. The summed E-state index contributed by atoms with van der Waals surface area (Å²) < 4.78 is 36.9. The first kappa shape index (κ1) is 14.9. The van der Waals surface area contributed by atoms with Gasteiger partial charge in [0.25, 0.3) is 0 Å². The SMILES string of the molecule is CC1=CCNc2c1ccc1c(CCCC(F)(F)F)ccnc21. The van der Waals surface area contributed by atoms with E-state index in [1.54, 1.807) is 6.20 Å². The molecule has 1 aliphatic heterocycles. The molecule has 1 aromatic carbocycles. The first-order valence-corrected chi connectivity index (χ1v) is 7.34. The first-order chi connectivity index (χ1) is 10.5. The summed E-state index contributed by atoms with van der Waals surface area (Å²) in [7, 11) is 0. The van der Waals surface area contributed by atoms with Gasteiger partial charge in [-0.05, 0) is 37.0 Å². The van der Waals surface area contributed by atoms with Crippen LogP contribution in [-0.2, 0) is 6.42 Å². The van der Waals surface area contributed by atoms with Gasteiger partial charge in [0.1, 0.15) is 0 Å². The van der Waals surface area contributed by atoms with Gasteiger partial charge in [-0.2, -0.15) is 13.2 Å². The summed E-state index contributed by atoms with van der Waals surface area (Å²) in [5, 5.41) is 4.26. The molecular formula is C17H17F3N2. The monoisotopic (exact) mass is 306 g/mol. The molecule has 0 fully saturated rings. The number of allylic oxidation sites excluding steroid dienone is 1. The third-order valence-corrected chi connectivity index (χ3v) is 4.02. The Hall–Kier alpha value is -2.04. The second-order valence-electron chi connectivity index (χ2n) is 5.59. The standard InChI is InChI=1S/C17H17F3N2/c1-11-6-9-21-15-13(11)4-5-14-12(7-10-22-16(14)15)3-2-8-17(18,19)20/h4-7,10,21H,2-3,8-9H2,1H3. The highest BCUT2D eigenvalue weighted by Gasteiger charge is 2.26. The van der Waals surface area contributed by atoms with Crippen molar-refractivity contribution in [2.45, 2.75) is 32.4 Å². The topological polar surface area (TPSA) is 24.9 Å². The smallest absolute Gasteiger partial charge is 0.379 e. The number of nitrogens with one attached hydrogen (secondary N) is 1. The first-order valence-electron chi connectivity index (χ1n) is 7.34. The number of rotatable bonds is 3. The summed E-state index contributed by atoms with van der Waals surface area (Å²) >= 11 is 0. The van der Waals surface area contributed by atoms with Crippen molar-refractivity contribution in [3.05, 3.63) is 41.6 Å². The lowest BCUT2D eigenvalue weighted by Crippen LogP contribution is -2.09. The quantitative estimate of drug-likeness (QED) is 0.868. The third kappa shape index (κ3) is 2.93. The van der Waals surface area contributed by atoms with Gasteiger partial charge in [0.2, 0.25) is 0 Å². The minimum Gasteiger partial charge on any atom is -0.379 e. The molecule has 1 aromatic heterocycles. The van der Waals surface area contributed by atoms with E-state index >= 15 is 0 Å². The van der Waals surface area contributed by atoms with E-state index in [9.17, 15) is 13.2 Å². The Morgan fingerprint density at radius 1 is 1.23 bits per heavy atom. The zero-order chi connectivity index (χ0) is 15.7. The predicted molar refractivity (Wildman–Crippen MR) is 82.9 cm³/mol. The summed E-state index contributed by atoms with van der Waals surface area (Å²) in [5.74, 6) is 0. The van der Waals surface area contributed by atoms with E-state index in [1.165, 1.54) is 5.57 Å². The van der Waals surface area contributed by atoms with Crippen molar-refractivity contribution in [1.82, 2.24) is 4.98 Å². The van der Waals surface area contributed by atoms with E-state index < -0.39 is 12.6 Å². The van der Waals surface area contributed by atoms with Gasteiger partial charge in [-0.15, -0.1) is 0 Å². The molecule has 3 rings (SSSR count). The lowest BCUT2D eigenvalue weighted by atomic mass is 9.96. The van der Waals surface area contributed by atoms with Crippen molar-refractivity contribution in [2.24, 2.45) is 0 Å². The van der Waals surface area contributed by atoms with Crippen LogP contribution < -0.4 is 5.32 Å². The molecule has 2 heterocycles. The number of anilines is 1. The molecule has 1 aliphatic rings. The van der Waals surface area contributed by atoms with Gasteiger partial charge >= 0.3 is 6.18 Å². The molecule has 0 unspecified atom stereocenters. The molecule has 0 atom stereocenters. The number of aromatic nitrogens is 1. The molecular weight excluding hydrogens is 289 g/mol. The number of hydrogen-bond donors (Lipinski definition) is 1. The van der Waals surface area contributed by atoms with Crippen molar-refractivity contribution >= 4 is 22.2 Å². The van der Waals surface area contributed by atoms with E-state index in [-0.39, 0.29) is 6.42 Å². The molecule has 0 spiro atoms. The predicted octanol–water partition coefficient (Wildman–Crippen LogP) is 4.95. The Balaban J connectivity index is 1.95. The van der Waals surface area contributed by atoms with Crippen LogP contribution in [0.25, 0.3) is 16.5 Å². The average molecular weight is 306 g/mol. The van der Waals surface area contributed by atoms with Crippen LogP contribution in [0, 0.1) is 0 Å². The lowest BCUT2D eigenvalue weighted by Gasteiger charge is -2.19. The number of hydrogen-bond acceptors (Lipinski definition) is 2. The van der Waals surface area contributed by atoms with Gasteiger partial charge in [0.15, 0.2) is 0 Å². The van der Waals surface area contributed by atoms with Crippen LogP contribution in [0.2, 0.25) is 0 Å².